The van der Waals surface area contributed by atoms with Gasteiger partial charge in [0, 0.05) is 13.6 Å². The third-order valence-electron chi connectivity index (χ3n) is 2.30. The zero-order valence-corrected chi connectivity index (χ0v) is 10.7. The van der Waals surface area contributed by atoms with Gasteiger partial charge in [-0.2, -0.15) is 26.3 Å². The van der Waals surface area contributed by atoms with Crippen LogP contribution < -0.4 is 10.2 Å². The fourth-order valence-corrected chi connectivity index (χ4v) is 1.50. The molecular formula is C11H13F6N3. The molecule has 0 atom stereocenters. The van der Waals surface area contributed by atoms with Gasteiger partial charge in [-0.15, -0.1) is 0 Å². The van der Waals surface area contributed by atoms with Gasteiger partial charge >= 0.3 is 12.4 Å². The molecule has 114 valence electrons. The Morgan fingerprint density at radius 1 is 1.15 bits per heavy atom. The summed E-state index contributed by atoms with van der Waals surface area (Å²) in [5.41, 5.74) is -1.05. The van der Waals surface area contributed by atoms with Gasteiger partial charge in [0.1, 0.15) is 18.2 Å². The lowest BCUT2D eigenvalue weighted by Crippen LogP contribution is -2.31. The molecule has 0 saturated heterocycles. The van der Waals surface area contributed by atoms with E-state index in [-0.39, 0.29) is 5.82 Å². The molecule has 20 heavy (non-hydrogen) atoms. The Bertz CT molecular complexity index is 454. The van der Waals surface area contributed by atoms with Crippen LogP contribution in [0.2, 0.25) is 0 Å². The molecule has 0 aliphatic rings. The van der Waals surface area contributed by atoms with E-state index in [1.807, 2.05) is 0 Å². The predicted octanol–water partition coefficient (Wildman–Crippen LogP) is 3.53. The van der Waals surface area contributed by atoms with Crippen molar-refractivity contribution >= 4 is 11.6 Å². The molecule has 1 N–H and O–H groups in total. The number of halogens is 6. The van der Waals surface area contributed by atoms with E-state index in [0.717, 1.165) is 13.1 Å². The van der Waals surface area contributed by atoms with E-state index in [1.54, 1.807) is 6.92 Å². The van der Waals surface area contributed by atoms with E-state index in [0.29, 0.717) is 17.5 Å². The lowest BCUT2D eigenvalue weighted by Gasteiger charge is -2.22. The summed E-state index contributed by atoms with van der Waals surface area (Å²) in [4.78, 5) is 4.36. The van der Waals surface area contributed by atoms with Crippen molar-refractivity contribution < 1.29 is 26.3 Å². The highest BCUT2D eigenvalue weighted by Crippen LogP contribution is 2.33. The van der Waals surface area contributed by atoms with Crippen LogP contribution in [0.1, 0.15) is 12.5 Å². The van der Waals surface area contributed by atoms with E-state index in [1.165, 1.54) is 0 Å². The van der Waals surface area contributed by atoms with Crippen molar-refractivity contribution in [2.45, 2.75) is 19.3 Å². The molecule has 1 aromatic rings. The summed E-state index contributed by atoms with van der Waals surface area (Å²) in [6, 6.07) is 1.35. The maximum absolute atomic E-state index is 12.7. The summed E-state index contributed by atoms with van der Waals surface area (Å²) in [5.74, 6) is -0.514. The van der Waals surface area contributed by atoms with Crippen LogP contribution in [0, 0.1) is 0 Å². The Morgan fingerprint density at radius 3 is 2.20 bits per heavy atom. The van der Waals surface area contributed by atoms with Gasteiger partial charge < -0.3 is 10.2 Å². The Balaban J connectivity index is 3.15. The van der Waals surface area contributed by atoms with Crippen LogP contribution in [0.4, 0.5) is 38.0 Å². The Labute approximate surface area is 111 Å². The molecule has 0 bridgehead atoms. The second-order valence-corrected chi connectivity index (χ2v) is 4.10. The highest BCUT2D eigenvalue weighted by molar-refractivity contribution is 5.51. The third-order valence-corrected chi connectivity index (χ3v) is 2.30. The topological polar surface area (TPSA) is 28.2 Å². The van der Waals surface area contributed by atoms with E-state index < -0.39 is 30.3 Å². The van der Waals surface area contributed by atoms with E-state index >= 15 is 0 Å². The van der Waals surface area contributed by atoms with Crippen molar-refractivity contribution in [2.75, 3.05) is 30.4 Å². The number of hydrogen-bond acceptors (Lipinski definition) is 3. The van der Waals surface area contributed by atoms with Crippen molar-refractivity contribution in [1.82, 2.24) is 4.98 Å². The van der Waals surface area contributed by atoms with Crippen LogP contribution >= 0.6 is 0 Å². The molecule has 0 amide bonds. The summed E-state index contributed by atoms with van der Waals surface area (Å²) in [6.45, 7) is 0.560. The first-order valence-electron chi connectivity index (χ1n) is 5.64. The molecule has 1 aromatic heterocycles. The zero-order chi connectivity index (χ0) is 15.6. The first-order valence-corrected chi connectivity index (χ1v) is 5.64. The van der Waals surface area contributed by atoms with Crippen LogP contribution in [0.5, 0.6) is 0 Å². The molecule has 0 saturated carbocycles. The van der Waals surface area contributed by atoms with Gasteiger partial charge in [-0.25, -0.2) is 4.98 Å². The molecule has 0 radical (unpaired) electrons. The van der Waals surface area contributed by atoms with Crippen LogP contribution in [0.25, 0.3) is 0 Å². The summed E-state index contributed by atoms with van der Waals surface area (Å²) in [6.07, 6.45) is -9.18. The Morgan fingerprint density at radius 2 is 1.75 bits per heavy atom. The quantitative estimate of drug-likeness (QED) is 0.862. The molecule has 1 heterocycles. The number of pyridine rings is 1. The second kappa shape index (κ2) is 5.76. The largest absolute Gasteiger partial charge is 0.416 e. The van der Waals surface area contributed by atoms with Crippen molar-refractivity contribution in [3.05, 3.63) is 17.7 Å². The van der Waals surface area contributed by atoms with Crippen LogP contribution in [-0.2, 0) is 6.18 Å². The predicted molar refractivity (Wildman–Crippen MR) is 62.7 cm³/mol. The van der Waals surface area contributed by atoms with Gasteiger partial charge in [0.25, 0.3) is 0 Å². The number of rotatable bonds is 4. The summed E-state index contributed by atoms with van der Waals surface area (Å²) in [7, 11) is 1.03. The first kappa shape index (κ1) is 16.4. The van der Waals surface area contributed by atoms with Gasteiger partial charge in [-0.05, 0) is 19.1 Å². The normalized spacial score (nSPS) is 12.4. The van der Waals surface area contributed by atoms with Crippen LogP contribution in [0.15, 0.2) is 12.1 Å². The highest BCUT2D eigenvalue weighted by Gasteiger charge is 2.34. The fraction of sp³-hybridized carbons (Fsp3) is 0.545. The lowest BCUT2D eigenvalue weighted by atomic mass is 10.2. The van der Waals surface area contributed by atoms with Gasteiger partial charge in [0.05, 0.1) is 5.56 Å². The molecule has 1 rings (SSSR count). The standard InChI is InChI=1S/C11H13F6N3/c1-3-18-8-4-7(11(15,16)17)5-9(19-8)20(2)6-10(12,13)14/h4-5H,3,6H2,1-2H3,(H,18,19). The fourth-order valence-electron chi connectivity index (χ4n) is 1.50. The molecule has 0 aliphatic heterocycles. The minimum Gasteiger partial charge on any atom is -0.370 e. The average Bonchev–Trinajstić information content (AvgIpc) is 2.25. The summed E-state index contributed by atoms with van der Waals surface area (Å²) >= 11 is 0. The van der Waals surface area contributed by atoms with Gasteiger partial charge in [0.2, 0.25) is 0 Å². The number of anilines is 2. The van der Waals surface area contributed by atoms with E-state index in [9.17, 15) is 26.3 Å². The van der Waals surface area contributed by atoms with E-state index in [4.69, 9.17) is 0 Å². The average molecular weight is 301 g/mol. The van der Waals surface area contributed by atoms with Gasteiger partial charge in [-0.3, -0.25) is 0 Å². The molecule has 9 heteroatoms. The van der Waals surface area contributed by atoms with Crippen LogP contribution in [0.3, 0.4) is 0 Å². The van der Waals surface area contributed by atoms with Gasteiger partial charge in [0.15, 0.2) is 0 Å². The van der Waals surface area contributed by atoms with Gasteiger partial charge in [-0.1, -0.05) is 0 Å². The summed E-state index contributed by atoms with van der Waals surface area (Å²) < 4.78 is 74.9. The number of nitrogens with one attached hydrogen (secondary N) is 1. The summed E-state index contributed by atoms with van der Waals surface area (Å²) in [5, 5.41) is 2.56. The highest BCUT2D eigenvalue weighted by atomic mass is 19.4. The van der Waals surface area contributed by atoms with Crippen molar-refractivity contribution in [3.63, 3.8) is 0 Å². The number of hydrogen-bond donors (Lipinski definition) is 1. The third kappa shape index (κ3) is 4.78. The number of nitrogens with zero attached hydrogens (tertiary/aromatic N) is 2. The SMILES string of the molecule is CCNc1cc(C(F)(F)F)cc(N(C)CC(F)(F)F)n1. The first-order chi connectivity index (χ1) is 9.03. The maximum atomic E-state index is 12.7. The Hall–Kier alpha value is -1.67. The minimum absolute atomic E-state index is 0.119. The molecular weight excluding hydrogens is 288 g/mol. The van der Waals surface area contributed by atoms with E-state index in [2.05, 4.69) is 10.3 Å². The van der Waals surface area contributed by atoms with Crippen LogP contribution in [-0.4, -0.2) is 31.3 Å². The van der Waals surface area contributed by atoms with Crippen molar-refractivity contribution in [2.24, 2.45) is 0 Å². The monoisotopic (exact) mass is 301 g/mol. The van der Waals surface area contributed by atoms with Crippen molar-refractivity contribution in [3.8, 4) is 0 Å². The molecule has 0 aromatic carbocycles. The van der Waals surface area contributed by atoms with Crippen molar-refractivity contribution in [1.29, 1.82) is 0 Å². The molecule has 0 unspecified atom stereocenters. The number of aromatic nitrogens is 1. The maximum Gasteiger partial charge on any atom is 0.416 e. The lowest BCUT2D eigenvalue weighted by molar-refractivity contribution is -0.137. The molecule has 0 fully saturated rings. The minimum atomic E-state index is -4.65. The molecule has 3 nitrogen and oxygen atoms in total. The molecule has 0 spiro atoms. The zero-order valence-electron chi connectivity index (χ0n) is 10.7. The second-order valence-electron chi connectivity index (χ2n) is 4.10. The molecule has 0 aliphatic carbocycles. The number of alkyl halides is 6. The smallest absolute Gasteiger partial charge is 0.370 e. The Kier molecular flexibility index (Phi) is 4.72.